The molecule has 0 aliphatic carbocycles. The molecule has 18 heteroatoms. The van der Waals surface area contributed by atoms with Crippen LogP contribution in [0.5, 0.6) is 0 Å². The minimum atomic E-state index is -4.18. The first-order valence-corrected chi connectivity index (χ1v) is 17.2. The molecule has 0 saturated carbocycles. The molecule has 1 rings (SSSR count). The summed E-state index contributed by atoms with van der Waals surface area (Å²) in [5, 5.41) is 0. The fourth-order valence-electron chi connectivity index (χ4n) is 4.52. The summed E-state index contributed by atoms with van der Waals surface area (Å²) in [6, 6.07) is 0. The Hall–Kier alpha value is -0.440. The number of nitrogens with zero attached hydrogens (tertiary/aromatic N) is 2. The molecule has 4 N–H and O–H groups in total. The number of hydrogen-bond donors (Lipinski definition) is 4. The molecule has 1 aliphatic rings. The first-order valence-electron chi connectivity index (χ1n) is 10.7. The second-order valence-corrected chi connectivity index (χ2v) is 15.3. The van der Waals surface area contributed by atoms with Crippen LogP contribution in [0.2, 0.25) is 0 Å². The van der Waals surface area contributed by atoms with Gasteiger partial charge in [0.25, 0.3) is 40.5 Å². The molecule has 204 valence electrons. The molecule has 0 bridgehead atoms. The molecule has 0 atom stereocenters. The van der Waals surface area contributed by atoms with Gasteiger partial charge >= 0.3 is 0 Å². The summed E-state index contributed by atoms with van der Waals surface area (Å²) in [7, 11) is -16.7. The molecule has 0 spiro atoms. The van der Waals surface area contributed by atoms with Crippen molar-refractivity contribution >= 4 is 40.5 Å². The van der Waals surface area contributed by atoms with Gasteiger partial charge in [0.05, 0.1) is 49.2 Å². The molecule has 0 aromatic rings. The molecular weight excluding hydrogens is 540 g/mol. The van der Waals surface area contributed by atoms with Crippen molar-refractivity contribution in [3.8, 4) is 0 Å². The van der Waals surface area contributed by atoms with Crippen LogP contribution in [-0.2, 0) is 40.5 Å². The van der Waals surface area contributed by atoms with Crippen LogP contribution in [0.1, 0.15) is 25.7 Å². The molecule has 1 aliphatic heterocycles. The molecular formula is C16H36N2O12S4+2. The second kappa shape index (κ2) is 12.2. The van der Waals surface area contributed by atoms with E-state index in [2.05, 4.69) is 0 Å². The summed E-state index contributed by atoms with van der Waals surface area (Å²) < 4.78 is 126. The highest BCUT2D eigenvalue weighted by Gasteiger charge is 2.41. The zero-order valence-electron chi connectivity index (χ0n) is 18.9. The standard InChI is InChI=1S/C16H34N2O12S4/c19-31(20,21)13-1-5-17(6-2-14-32(22,23)24)9-11-18(12-10-17,7-3-15-33(25,26)27)8-4-16-34(28,29)30/h1-16H2,(H2-2,19,20,21,22,23,24,25,26,27,28,29,30)/p+2. The predicted octanol–water partition coefficient (Wildman–Crippen LogP) is -1.25. The third kappa shape index (κ3) is 14.2. The molecule has 0 aromatic heterocycles. The third-order valence-electron chi connectivity index (χ3n) is 6.24. The number of hydrogen-bond acceptors (Lipinski definition) is 8. The van der Waals surface area contributed by atoms with Gasteiger partial charge < -0.3 is 8.97 Å². The van der Waals surface area contributed by atoms with Gasteiger partial charge in [0, 0.05) is 25.7 Å². The first-order chi connectivity index (χ1) is 15.2. The van der Waals surface area contributed by atoms with Crippen molar-refractivity contribution in [3.05, 3.63) is 0 Å². The van der Waals surface area contributed by atoms with Gasteiger partial charge in [-0.15, -0.1) is 0 Å². The highest BCUT2D eigenvalue weighted by molar-refractivity contribution is 7.86. The topological polar surface area (TPSA) is 217 Å². The van der Waals surface area contributed by atoms with Crippen LogP contribution in [0, 0.1) is 0 Å². The van der Waals surface area contributed by atoms with Gasteiger partial charge in [-0.25, -0.2) is 0 Å². The van der Waals surface area contributed by atoms with E-state index in [9.17, 15) is 33.7 Å². The van der Waals surface area contributed by atoms with Crippen LogP contribution in [0.15, 0.2) is 0 Å². The van der Waals surface area contributed by atoms with Crippen molar-refractivity contribution in [3.63, 3.8) is 0 Å². The maximum atomic E-state index is 11.1. The normalized spacial score (nSPS) is 19.2. The summed E-state index contributed by atoms with van der Waals surface area (Å²) in [5.41, 5.74) is 0. The van der Waals surface area contributed by atoms with Gasteiger partial charge in [-0.2, -0.15) is 33.7 Å². The molecule has 1 fully saturated rings. The maximum absolute atomic E-state index is 11.1. The molecule has 34 heavy (non-hydrogen) atoms. The molecule has 1 saturated heterocycles. The van der Waals surface area contributed by atoms with Crippen molar-refractivity contribution in [2.45, 2.75) is 25.7 Å². The lowest BCUT2D eigenvalue weighted by atomic mass is 10.1. The van der Waals surface area contributed by atoms with Gasteiger partial charge in [-0.1, -0.05) is 0 Å². The number of piperazine rings is 1. The van der Waals surface area contributed by atoms with Crippen LogP contribution >= 0.6 is 0 Å². The van der Waals surface area contributed by atoms with Crippen LogP contribution in [0.25, 0.3) is 0 Å². The van der Waals surface area contributed by atoms with Crippen molar-refractivity contribution in [2.24, 2.45) is 0 Å². The van der Waals surface area contributed by atoms with Crippen LogP contribution < -0.4 is 0 Å². The zero-order valence-corrected chi connectivity index (χ0v) is 22.2. The fourth-order valence-corrected chi connectivity index (χ4v) is 6.50. The van der Waals surface area contributed by atoms with Gasteiger partial charge in [-0.3, -0.25) is 18.2 Å². The Bertz CT molecular complexity index is 909. The second-order valence-electron chi connectivity index (χ2n) is 9.03. The van der Waals surface area contributed by atoms with E-state index < -0.39 is 63.5 Å². The summed E-state index contributed by atoms with van der Waals surface area (Å²) in [4.78, 5) is 0. The predicted molar refractivity (Wildman–Crippen MR) is 124 cm³/mol. The van der Waals surface area contributed by atoms with Gasteiger partial charge in [0.1, 0.15) is 26.2 Å². The van der Waals surface area contributed by atoms with E-state index in [1.54, 1.807) is 0 Å². The Morgan fingerprint density at radius 1 is 0.412 bits per heavy atom. The first kappa shape index (κ1) is 31.6. The van der Waals surface area contributed by atoms with E-state index in [4.69, 9.17) is 18.2 Å². The smallest absolute Gasteiger partial charge is 0.265 e. The largest absolute Gasteiger partial charge is 0.314 e. The Morgan fingerprint density at radius 3 is 0.735 bits per heavy atom. The molecule has 0 aromatic carbocycles. The SMILES string of the molecule is O=S(=O)(O)CCC[N+]1(CCCS(=O)(=O)O)CC[N+](CCCS(=O)(=O)O)(CCCS(=O)(=O)O)CC1. The van der Waals surface area contributed by atoms with Crippen LogP contribution in [-0.4, -0.2) is 136 Å². The number of rotatable bonds is 16. The molecule has 0 radical (unpaired) electrons. The lowest BCUT2D eigenvalue weighted by molar-refractivity contribution is -1.03. The van der Waals surface area contributed by atoms with Crippen LogP contribution in [0.3, 0.4) is 0 Å². The molecule has 14 nitrogen and oxygen atoms in total. The maximum Gasteiger partial charge on any atom is 0.265 e. The van der Waals surface area contributed by atoms with E-state index in [1.807, 2.05) is 0 Å². The van der Waals surface area contributed by atoms with Gasteiger partial charge in [0.2, 0.25) is 0 Å². The van der Waals surface area contributed by atoms with E-state index >= 15 is 0 Å². The third-order valence-corrected chi connectivity index (χ3v) is 9.45. The fraction of sp³-hybridized carbons (Fsp3) is 1.00. The Kier molecular flexibility index (Phi) is 11.3. The molecule has 1 heterocycles. The van der Waals surface area contributed by atoms with E-state index in [0.29, 0.717) is 61.3 Å². The lowest BCUT2D eigenvalue weighted by Crippen LogP contribution is -2.68. The highest BCUT2D eigenvalue weighted by Crippen LogP contribution is 2.23. The van der Waals surface area contributed by atoms with E-state index in [-0.39, 0.29) is 25.7 Å². The van der Waals surface area contributed by atoms with E-state index in [0.717, 1.165) is 0 Å². The molecule has 0 amide bonds. The van der Waals surface area contributed by atoms with Gasteiger partial charge in [0.15, 0.2) is 0 Å². The Labute approximate surface area is 202 Å². The summed E-state index contributed by atoms with van der Waals surface area (Å²) in [6.07, 6.45) is 0.485. The van der Waals surface area contributed by atoms with Crippen LogP contribution in [0.4, 0.5) is 0 Å². The summed E-state index contributed by atoms with van der Waals surface area (Å²) in [5.74, 6) is -1.86. The zero-order chi connectivity index (χ0) is 26.3. The Morgan fingerprint density at radius 2 is 0.588 bits per heavy atom. The van der Waals surface area contributed by atoms with Crippen molar-refractivity contribution in [1.29, 1.82) is 0 Å². The minimum Gasteiger partial charge on any atom is -0.314 e. The van der Waals surface area contributed by atoms with Crippen molar-refractivity contribution < 1.29 is 60.8 Å². The van der Waals surface area contributed by atoms with Crippen molar-refractivity contribution in [2.75, 3.05) is 75.4 Å². The molecule has 0 unspecified atom stereocenters. The minimum absolute atomic E-state index is 0.121. The highest BCUT2D eigenvalue weighted by atomic mass is 32.2. The number of quaternary nitrogens is 2. The van der Waals surface area contributed by atoms with Crippen molar-refractivity contribution in [1.82, 2.24) is 0 Å². The summed E-state index contributed by atoms with van der Waals surface area (Å²) >= 11 is 0. The lowest BCUT2D eigenvalue weighted by Gasteiger charge is -2.50. The average molecular weight is 577 g/mol. The summed E-state index contributed by atoms with van der Waals surface area (Å²) in [6.45, 7) is 3.04. The van der Waals surface area contributed by atoms with Gasteiger partial charge in [-0.05, 0) is 0 Å². The Balaban J connectivity index is 2.97. The van der Waals surface area contributed by atoms with E-state index in [1.165, 1.54) is 0 Å². The monoisotopic (exact) mass is 576 g/mol. The quantitative estimate of drug-likeness (QED) is 0.125. The average Bonchev–Trinajstić information content (AvgIpc) is 2.60.